The van der Waals surface area contributed by atoms with Crippen molar-refractivity contribution in [1.82, 2.24) is 9.78 Å². The molecule has 0 spiro atoms. The standard InChI is InChI=1S/C24H27N3O4S/c1-17(2)18-8-10-21(11-9-18)31-15-24(28)25-23-14-22(19-6-4-3-5-7-19)26-27(23)20-12-13-32(29,30)16-20/h3-11,14,17,20H,12-13,15-16H2,1-2H3,(H,25,28). The van der Waals surface area contributed by atoms with Crippen LogP contribution in [0.4, 0.5) is 5.82 Å². The molecule has 1 atom stereocenters. The highest BCUT2D eigenvalue weighted by Crippen LogP contribution is 2.30. The molecule has 7 nitrogen and oxygen atoms in total. The largest absolute Gasteiger partial charge is 0.484 e. The van der Waals surface area contributed by atoms with Crippen molar-refractivity contribution >= 4 is 21.6 Å². The third-order valence-electron chi connectivity index (χ3n) is 5.54. The lowest BCUT2D eigenvalue weighted by molar-refractivity contribution is -0.118. The second-order valence-electron chi connectivity index (χ2n) is 8.34. The van der Waals surface area contributed by atoms with E-state index < -0.39 is 9.84 Å². The van der Waals surface area contributed by atoms with Crippen LogP contribution in [0.2, 0.25) is 0 Å². The van der Waals surface area contributed by atoms with E-state index in [0.717, 1.165) is 5.56 Å². The summed E-state index contributed by atoms with van der Waals surface area (Å²) < 4.78 is 31.3. The van der Waals surface area contributed by atoms with Gasteiger partial charge in [0, 0.05) is 11.6 Å². The summed E-state index contributed by atoms with van der Waals surface area (Å²) in [4.78, 5) is 12.6. The molecular weight excluding hydrogens is 426 g/mol. The smallest absolute Gasteiger partial charge is 0.263 e. The van der Waals surface area contributed by atoms with Gasteiger partial charge < -0.3 is 10.1 Å². The molecule has 1 unspecified atom stereocenters. The van der Waals surface area contributed by atoms with Crippen LogP contribution in [0.1, 0.15) is 37.8 Å². The normalized spacial score (nSPS) is 17.4. The summed E-state index contributed by atoms with van der Waals surface area (Å²) in [7, 11) is -3.10. The zero-order chi connectivity index (χ0) is 22.7. The molecule has 1 fully saturated rings. The molecule has 2 aromatic carbocycles. The fraction of sp³-hybridized carbons (Fsp3) is 0.333. The van der Waals surface area contributed by atoms with Crippen LogP contribution in [0, 0.1) is 0 Å². The summed E-state index contributed by atoms with van der Waals surface area (Å²) in [5, 5.41) is 7.47. The van der Waals surface area contributed by atoms with Crippen molar-refractivity contribution in [3.8, 4) is 17.0 Å². The Kier molecular flexibility index (Phi) is 6.32. The fourth-order valence-corrected chi connectivity index (χ4v) is 5.45. The number of nitrogens with one attached hydrogen (secondary N) is 1. The monoisotopic (exact) mass is 453 g/mol. The fourth-order valence-electron chi connectivity index (χ4n) is 3.76. The van der Waals surface area contributed by atoms with Gasteiger partial charge in [-0.15, -0.1) is 0 Å². The summed E-state index contributed by atoms with van der Waals surface area (Å²) in [6.45, 7) is 4.08. The Bertz CT molecular complexity index is 1190. The average molecular weight is 454 g/mol. The van der Waals surface area contributed by atoms with Gasteiger partial charge in [-0.2, -0.15) is 5.10 Å². The number of hydrogen-bond acceptors (Lipinski definition) is 5. The van der Waals surface area contributed by atoms with Crippen LogP contribution < -0.4 is 10.1 Å². The lowest BCUT2D eigenvalue weighted by Gasteiger charge is -2.14. The Labute approximate surface area is 188 Å². The van der Waals surface area contributed by atoms with E-state index in [0.29, 0.717) is 29.6 Å². The molecular formula is C24H27N3O4S. The summed E-state index contributed by atoms with van der Waals surface area (Å²) in [5.74, 6) is 1.32. The highest BCUT2D eigenvalue weighted by Gasteiger charge is 2.31. The lowest BCUT2D eigenvalue weighted by atomic mass is 10.0. The number of carbonyl (C=O) groups is 1. The number of benzene rings is 2. The third-order valence-corrected chi connectivity index (χ3v) is 7.29. The molecule has 1 aliphatic rings. The minimum atomic E-state index is -3.10. The first-order valence-corrected chi connectivity index (χ1v) is 12.5. The second kappa shape index (κ2) is 9.16. The number of anilines is 1. The van der Waals surface area contributed by atoms with Gasteiger partial charge in [0.05, 0.1) is 23.2 Å². The molecule has 0 saturated carbocycles. The van der Waals surface area contributed by atoms with Gasteiger partial charge in [-0.1, -0.05) is 56.3 Å². The van der Waals surface area contributed by atoms with E-state index in [4.69, 9.17) is 4.74 Å². The number of aromatic nitrogens is 2. The molecule has 32 heavy (non-hydrogen) atoms. The number of rotatable bonds is 7. The minimum absolute atomic E-state index is 0.0183. The Morgan fingerprint density at radius 2 is 1.88 bits per heavy atom. The number of sulfone groups is 1. The van der Waals surface area contributed by atoms with Crippen molar-refractivity contribution in [2.75, 3.05) is 23.4 Å². The van der Waals surface area contributed by atoms with Crippen LogP contribution in [0.15, 0.2) is 60.7 Å². The summed E-state index contributed by atoms with van der Waals surface area (Å²) in [5.41, 5.74) is 2.77. The molecule has 1 aromatic heterocycles. The number of nitrogens with zero attached hydrogens (tertiary/aromatic N) is 2. The van der Waals surface area contributed by atoms with E-state index in [1.165, 1.54) is 5.56 Å². The van der Waals surface area contributed by atoms with E-state index >= 15 is 0 Å². The zero-order valence-corrected chi connectivity index (χ0v) is 19.0. The Balaban J connectivity index is 1.50. The van der Waals surface area contributed by atoms with Gasteiger partial charge in [0.15, 0.2) is 16.4 Å². The van der Waals surface area contributed by atoms with Gasteiger partial charge in [-0.05, 0) is 30.0 Å². The predicted molar refractivity (Wildman–Crippen MR) is 125 cm³/mol. The molecule has 0 aliphatic carbocycles. The van der Waals surface area contributed by atoms with Crippen LogP contribution in [-0.2, 0) is 14.6 Å². The average Bonchev–Trinajstić information content (AvgIpc) is 3.36. The zero-order valence-electron chi connectivity index (χ0n) is 18.2. The Morgan fingerprint density at radius 1 is 1.16 bits per heavy atom. The first-order chi connectivity index (χ1) is 15.3. The maximum absolute atomic E-state index is 12.6. The molecule has 0 radical (unpaired) electrons. The van der Waals surface area contributed by atoms with Crippen LogP contribution in [0.5, 0.6) is 5.75 Å². The second-order valence-corrected chi connectivity index (χ2v) is 10.6. The Hall–Kier alpha value is -3.13. The molecule has 1 amide bonds. The molecule has 1 saturated heterocycles. The van der Waals surface area contributed by atoms with Gasteiger partial charge in [0.1, 0.15) is 11.6 Å². The molecule has 0 bridgehead atoms. The quantitative estimate of drug-likeness (QED) is 0.583. The maximum Gasteiger partial charge on any atom is 0.263 e. The van der Waals surface area contributed by atoms with Gasteiger partial charge in [-0.25, -0.2) is 13.1 Å². The summed E-state index contributed by atoms with van der Waals surface area (Å²) >= 11 is 0. The van der Waals surface area contributed by atoms with Gasteiger partial charge in [0.2, 0.25) is 0 Å². The molecule has 3 aromatic rings. The van der Waals surface area contributed by atoms with E-state index in [1.807, 2.05) is 54.6 Å². The van der Waals surface area contributed by atoms with Crippen molar-refractivity contribution in [3.63, 3.8) is 0 Å². The van der Waals surface area contributed by atoms with Crippen LogP contribution in [0.3, 0.4) is 0 Å². The van der Waals surface area contributed by atoms with Crippen molar-refractivity contribution in [2.45, 2.75) is 32.2 Å². The van der Waals surface area contributed by atoms with Crippen molar-refractivity contribution in [2.24, 2.45) is 0 Å². The molecule has 1 N–H and O–H groups in total. The first kappa shape index (κ1) is 22.1. The van der Waals surface area contributed by atoms with E-state index in [2.05, 4.69) is 24.3 Å². The van der Waals surface area contributed by atoms with E-state index in [1.54, 1.807) is 10.7 Å². The van der Waals surface area contributed by atoms with Gasteiger partial charge in [-0.3, -0.25) is 4.79 Å². The van der Waals surface area contributed by atoms with E-state index in [-0.39, 0.29) is 30.1 Å². The number of hydrogen-bond donors (Lipinski definition) is 1. The third kappa shape index (κ3) is 5.19. The highest BCUT2D eigenvalue weighted by molar-refractivity contribution is 7.91. The Morgan fingerprint density at radius 3 is 2.50 bits per heavy atom. The van der Waals surface area contributed by atoms with Crippen molar-refractivity contribution in [3.05, 3.63) is 66.2 Å². The lowest BCUT2D eigenvalue weighted by Crippen LogP contribution is -2.23. The number of carbonyl (C=O) groups excluding carboxylic acids is 1. The van der Waals surface area contributed by atoms with Gasteiger partial charge in [0.25, 0.3) is 5.91 Å². The summed E-state index contributed by atoms with van der Waals surface area (Å²) in [6.07, 6.45) is 0.472. The van der Waals surface area contributed by atoms with Crippen LogP contribution in [0.25, 0.3) is 11.3 Å². The van der Waals surface area contributed by atoms with Crippen molar-refractivity contribution < 1.29 is 17.9 Å². The summed E-state index contributed by atoms with van der Waals surface area (Å²) in [6, 6.07) is 18.7. The van der Waals surface area contributed by atoms with Crippen LogP contribution >= 0.6 is 0 Å². The first-order valence-electron chi connectivity index (χ1n) is 10.7. The van der Waals surface area contributed by atoms with E-state index in [9.17, 15) is 13.2 Å². The molecule has 2 heterocycles. The van der Waals surface area contributed by atoms with Crippen molar-refractivity contribution in [1.29, 1.82) is 0 Å². The molecule has 1 aliphatic heterocycles. The maximum atomic E-state index is 12.6. The van der Waals surface area contributed by atoms with Gasteiger partial charge >= 0.3 is 0 Å². The topological polar surface area (TPSA) is 90.3 Å². The highest BCUT2D eigenvalue weighted by atomic mass is 32.2. The minimum Gasteiger partial charge on any atom is -0.484 e. The molecule has 168 valence electrons. The SMILES string of the molecule is CC(C)c1ccc(OCC(=O)Nc2cc(-c3ccccc3)nn2C2CCS(=O)(=O)C2)cc1. The number of ether oxygens (including phenoxy) is 1. The number of amides is 1. The van der Waals surface area contributed by atoms with Crippen LogP contribution in [-0.4, -0.2) is 42.2 Å². The molecule has 8 heteroatoms. The molecule has 4 rings (SSSR count). The predicted octanol–water partition coefficient (Wildman–Crippen LogP) is 4.05.